The molecule has 3 rings (SSSR count). The first kappa shape index (κ1) is 17.7. The van der Waals surface area contributed by atoms with E-state index in [1.807, 2.05) is 0 Å². The van der Waals surface area contributed by atoms with Crippen molar-refractivity contribution in [3.05, 3.63) is 36.5 Å². The van der Waals surface area contributed by atoms with Gasteiger partial charge in [0.05, 0.1) is 19.9 Å². The van der Waals surface area contributed by atoms with E-state index in [1.165, 1.54) is 48.4 Å². The fourth-order valence-electron chi connectivity index (χ4n) is 2.53. The molecule has 2 heterocycles. The van der Waals surface area contributed by atoms with Crippen molar-refractivity contribution in [2.45, 2.75) is 11.8 Å². The molecule has 0 amide bonds. The second-order valence-electron chi connectivity index (χ2n) is 5.37. The third-order valence-electron chi connectivity index (χ3n) is 3.72. The highest BCUT2D eigenvalue weighted by Gasteiger charge is 2.25. The highest BCUT2D eigenvalue weighted by Crippen LogP contribution is 2.32. The van der Waals surface area contributed by atoms with Gasteiger partial charge in [-0.2, -0.15) is 10.2 Å². The van der Waals surface area contributed by atoms with E-state index >= 15 is 0 Å². The first-order chi connectivity index (χ1) is 12.4. The summed E-state index contributed by atoms with van der Waals surface area (Å²) in [5.41, 5.74) is 0.784. The lowest BCUT2D eigenvalue weighted by Crippen LogP contribution is -2.16. The number of hydrogen-bond donors (Lipinski definition) is 1. The van der Waals surface area contributed by atoms with Gasteiger partial charge < -0.3 is 9.47 Å². The van der Waals surface area contributed by atoms with E-state index in [0.29, 0.717) is 22.9 Å². The Hall–Kier alpha value is -3.08. The van der Waals surface area contributed by atoms with Crippen LogP contribution in [0.3, 0.4) is 0 Å². The SMILES string of the molecule is COc1ccc(OC)c(S(=O)(=O)Nc2c(C)nn(C)c2-n2cncn2)c1. The molecule has 26 heavy (non-hydrogen) atoms. The van der Waals surface area contributed by atoms with Crippen molar-refractivity contribution in [2.75, 3.05) is 18.9 Å². The monoisotopic (exact) mass is 378 g/mol. The topological polar surface area (TPSA) is 113 Å². The van der Waals surface area contributed by atoms with Gasteiger partial charge in [0, 0.05) is 13.1 Å². The van der Waals surface area contributed by atoms with Crippen molar-refractivity contribution in [3.63, 3.8) is 0 Å². The minimum Gasteiger partial charge on any atom is -0.497 e. The second kappa shape index (κ2) is 6.67. The molecule has 0 aliphatic carbocycles. The van der Waals surface area contributed by atoms with Gasteiger partial charge in [-0.25, -0.2) is 22.8 Å². The second-order valence-corrected chi connectivity index (χ2v) is 7.02. The van der Waals surface area contributed by atoms with Crippen LogP contribution in [0.15, 0.2) is 35.7 Å². The number of benzene rings is 1. The van der Waals surface area contributed by atoms with Crippen LogP contribution < -0.4 is 14.2 Å². The Morgan fingerprint density at radius 3 is 2.58 bits per heavy atom. The molecule has 3 aromatic rings. The van der Waals surface area contributed by atoms with E-state index in [1.54, 1.807) is 20.0 Å². The van der Waals surface area contributed by atoms with Crippen LogP contribution >= 0.6 is 0 Å². The van der Waals surface area contributed by atoms with Crippen molar-refractivity contribution in [1.82, 2.24) is 24.5 Å². The fraction of sp³-hybridized carbons (Fsp3) is 0.267. The van der Waals surface area contributed by atoms with E-state index in [-0.39, 0.29) is 10.6 Å². The zero-order chi connectivity index (χ0) is 18.9. The minimum atomic E-state index is -3.98. The quantitative estimate of drug-likeness (QED) is 0.684. The molecule has 0 atom stereocenters. The standard InChI is InChI=1S/C15H18N6O4S/c1-10-14(15(20(2)18-10)21-9-16-8-17-21)19-26(22,23)13-7-11(24-3)5-6-12(13)25-4/h5-9,19H,1-4H3. The molecular formula is C15H18N6O4S. The number of methoxy groups -OCH3 is 2. The van der Waals surface area contributed by atoms with E-state index < -0.39 is 10.0 Å². The molecule has 10 nitrogen and oxygen atoms in total. The molecule has 11 heteroatoms. The molecule has 0 radical (unpaired) electrons. The molecule has 0 aliphatic heterocycles. The third-order valence-corrected chi connectivity index (χ3v) is 5.10. The molecule has 2 aromatic heterocycles. The zero-order valence-corrected chi connectivity index (χ0v) is 15.5. The van der Waals surface area contributed by atoms with Gasteiger partial charge in [0.1, 0.15) is 34.7 Å². The Morgan fingerprint density at radius 1 is 1.19 bits per heavy atom. The molecule has 0 bridgehead atoms. The van der Waals surface area contributed by atoms with Crippen LogP contribution in [-0.4, -0.2) is 47.2 Å². The minimum absolute atomic E-state index is 0.0489. The number of ether oxygens (including phenoxy) is 2. The number of sulfonamides is 1. The van der Waals surface area contributed by atoms with E-state index in [0.717, 1.165) is 0 Å². The molecule has 0 spiro atoms. The number of nitrogens with zero attached hydrogens (tertiary/aromatic N) is 5. The third kappa shape index (κ3) is 3.08. The van der Waals surface area contributed by atoms with Crippen LogP contribution in [-0.2, 0) is 17.1 Å². The predicted molar refractivity (Wildman–Crippen MR) is 93.2 cm³/mol. The lowest BCUT2D eigenvalue weighted by atomic mass is 10.3. The zero-order valence-electron chi connectivity index (χ0n) is 14.7. The van der Waals surface area contributed by atoms with Crippen LogP contribution in [0.4, 0.5) is 5.69 Å². The fourth-order valence-corrected chi connectivity index (χ4v) is 3.83. The highest BCUT2D eigenvalue weighted by molar-refractivity contribution is 7.92. The van der Waals surface area contributed by atoms with Crippen molar-refractivity contribution >= 4 is 15.7 Å². The Morgan fingerprint density at radius 2 is 1.96 bits per heavy atom. The number of rotatable bonds is 6. The van der Waals surface area contributed by atoms with Crippen molar-refractivity contribution in [3.8, 4) is 17.3 Å². The largest absolute Gasteiger partial charge is 0.497 e. The maximum atomic E-state index is 13.0. The van der Waals surface area contributed by atoms with Gasteiger partial charge in [0.2, 0.25) is 0 Å². The van der Waals surface area contributed by atoms with Crippen LogP contribution in [0.25, 0.3) is 5.82 Å². The van der Waals surface area contributed by atoms with Crippen molar-refractivity contribution in [1.29, 1.82) is 0 Å². The summed E-state index contributed by atoms with van der Waals surface area (Å²) in [6.45, 7) is 1.70. The van der Waals surface area contributed by atoms with Gasteiger partial charge in [0.25, 0.3) is 10.0 Å². The predicted octanol–water partition coefficient (Wildman–Crippen LogP) is 1.13. The van der Waals surface area contributed by atoms with Crippen LogP contribution in [0, 0.1) is 6.92 Å². The average molecular weight is 378 g/mol. The smallest absolute Gasteiger partial charge is 0.265 e. The summed E-state index contributed by atoms with van der Waals surface area (Å²) in [5, 5.41) is 8.32. The maximum absolute atomic E-state index is 13.0. The Labute approximate surface area is 150 Å². The maximum Gasteiger partial charge on any atom is 0.265 e. The summed E-state index contributed by atoms with van der Waals surface area (Å²) in [5.74, 6) is 1.03. The van der Waals surface area contributed by atoms with Gasteiger partial charge in [-0.3, -0.25) is 4.72 Å². The summed E-state index contributed by atoms with van der Waals surface area (Å²) >= 11 is 0. The molecule has 0 fully saturated rings. The molecule has 138 valence electrons. The molecule has 1 aromatic carbocycles. The Kier molecular flexibility index (Phi) is 4.55. The summed E-state index contributed by atoms with van der Waals surface area (Å²) in [4.78, 5) is 3.84. The number of aryl methyl sites for hydroxylation is 2. The van der Waals surface area contributed by atoms with Crippen LogP contribution in [0.5, 0.6) is 11.5 Å². The van der Waals surface area contributed by atoms with Crippen molar-refractivity contribution < 1.29 is 17.9 Å². The Balaban J connectivity index is 2.10. The summed E-state index contributed by atoms with van der Waals surface area (Å²) in [6, 6.07) is 4.54. The van der Waals surface area contributed by atoms with Gasteiger partial charge in [-0.15, -0.1) is 0 Å². The van der Waals surface area contributed by atoms with E-state index in [9.17, 15) is 8.42 Å². The normalized spacial score (nSPS) is 11.4. The number of aromatic nitrogens is 5. The average Bonchev–Trinajstić information content (AvgIpc) is 3.22. The Bertz CT molecular complexity index is 1030. The van der Waals surface area contributed by atoms with Crippen LogP contribution in [0.2, 0.25) is 0 Å². The van der Waals surface area contributed by atoms with Crippen LogP contribution in [0.1, 0.15) is 5.69 Å². The summed E-state index contributed by atoms with van der Waals surface area (Å²) in [6.07, 6.45) is 2.81. The summed E-state index contributed by atoms with van der Waals surface area (Å²) < 4.78 is 41.8. The molecule has 0 saturated heterocycles. The van der Waals surface area contributed by atoms with Crippen molar-refractivity contribution in [2.24, 2.45) is 7.05 Å². The molecule has 0 unspecified atom stereocenters. The number of nitrogens with one attached hydrogen (secondary N) is 1. The van der Waals surface area contributed by atoms with E-state index in [4.69, 9.17) is 9.47 Å². The first-order valence-electron chi connectivity index (χ1n) is 7.51. The van der Waals surface area contributed by atoms with E-state index in [2.05, 4.69) is 19.9 Å². The lowest BCUT2D eigenvalue weighted by molar-refractivity contribution is 0.392. The molecule has 1 N–H and O–H groups in total. The van der Waals surface area contributed by atoms with Gasteiger partial charge >= 0.3 is 0 Å². The van der Waals surface area contributed by atoms with Gasteiger partial charge in [0.15, 0.2) is 5.82 Å². The number of hydrogen-bond acceptors (Lipinski definition) is 7. The number of anilines is 1. The molecular weight excluding hydrogens is 360 g/mol. The highest BCUT2D eigenvalue weighted by atomic mass is 32.2. The summed E-state index contributed by atoms with van der Waals surface area (Å²) in [7, 11) is 0.565. The van der Waals surface area contributed by atoms with Gasteiger partial charge in [-0.1, -0.05) is 0 Å². The molecule has 0 aliphatic rings. The molecule has 0 saturated carbocycles. The van der Waals surface area contributed by atoms with Gasteiger partial charge in [-0.05, 0) is 19.1 Å². The first-order valence-corrected chi connectivity index (χ1v) is 8.99. The lowest BCUT2D eigenvalue weighted by Gasteiger charge is -2.13.